The molecule has 0 spiro atoms. The van der Waals surface area contributed by atoms with Gasteiger partial charge in [-0.2, -0.15) is 4.98 Å². The van der Waals surface area contributed by atoms with E-state index in [1.54, 1.807) is 6.07 Å². The molecular weight excluding hydrogens is 360 g/mol. The number of hydrogen-bond acceptors (Lipinski definition) is 6. The highest BCUT2D eigenvalue weighted by Crippen LogP contribution is 2.26. The Morgan fingerprint density at radius 1 is 1.33 bits per heavy atom. The average Bonchev–Trinajstić information content (AvgIpc) is 3.05. The molecule has 0 unspecified atom stereocenters. The van der Waals surface area contributed by atoms with E-state index in [9.17, 15) is 4.79 Å². The summed E-state index contributed by atoms with van der Waals surface area (Å²) in [4.78, 5) is 26.2. The Bertz CT molecular complexity index is 792. The summed E-state index contributed by atoms with van der Waals surface area (Å²) in [6, 6.07) is 6.32. The van der Waals surface area contributed by atoms with Crippen molar-refractivity contribution in [3.63, 3.8) is 0 Å². The molecule has 4 heterocycles. The third kappa shape index (κ3) is 4.52. The van der Waals surface area contributed by atoms with E-state index in [4.69, 9.17) is 9.72 Å². The quantitative estimate of drug-likeness (QED) is 0.872. The molecule has 146 valence electrons. The van der Waals surface area contributed by atoms with Crippen LogP contribution in [0.3, 0.4) is 0 Å². The van der Waals surface area contributed by atoms with Gasteiger partial charge in [0.2, 0.25) is 5.95 Å². The van der Waals surface area contributed by atoms with E-state index in [1.807, 2.05) is 11.3 Å². The number of hydrogen-bond donors (Lipinski definition) is 1. The minimum Gasteiger partial charge on any atom is -0.375 e. The van der Waals surface area contributed by atoms with Crippen LogP contribution in [0, 0.1) is 0 Å². The molecule has 7 heteroatoms. The molecule has 0 bridgehead atoms. The van der Waals surface area contributed by atoms with Crippen molar-refractivity contribution in [1.29, 1.82) is 0 Å². The first-order chi connectivity index (χ1) is 13.2. The molecule has 2 aliphatic rings. The molecule has 0 amide bonds. The fourth-order valence-electron chi connectivity index (χ4n) is 4.09. The predicted molar refractivity (Wildman–Crippen MR) is 110 cm³/mol. The summed E-state index contributed by atoms with van der Waals surface area (Å²) in [5, 5.41) is 2.14. The molecule has 27 heavy (non-hydrogen) atoms. The monoisotopic (exact) mass is 388 g/mol. The Labute approximate surface area is 164 Å². The van der Waals surface area contributed by atoms with Crippen molar-refractivity contribution in [3.8, 4) is 0 Å². The fraction of sp³-hybridized carbons (Fsp3) is 0.600. The van der Waals surface area contributed by atoms with Crippen molar-refractivity contribution in [2.45, 2.75) is 51.2 Å². The van der Waals surface area contributed by atoms with Gasteiger partial charge in [0, 0.05) is 43.0 Å². The molecule has 6 nitrogen and oxygen atoms in total. The standard InChI is InChI=1S/C20H28N4O2S/c1-15-14-23(9-10-26-15)18-13-19(25)22-20(21-18)24-8-4-2-3-6-16(24)12-17-7-5-11-27-17/h5,7,11,13,15-16H,2-4,6,8-10,12,14H2,1H3,(H,21,22,25)/t15-,16+/m1/s1. The number of anilines is 2. The van der Waals surface area contributed by atoms with E-state index in [2.05, 4.69) is 39.2 Å². The van der Waals surface area contributed by atoms with Gasteiger partial charge < -0.3 is 14.5 Å². The average molecular weight is 389 g/mol. The number of ether oxygens (including phenoxy) is 1. The van der Waals surface area contributed by atoms with Crippen LogP contribution in [0.15, 0.2) is 28.4 Å². The molecular formula is C20H28N4O2S. The van der Waals surface area contributed by atoms with Gasteiger partial charge in [-0.25, -0.2) is 0 Å². The van der Waals surface area contributed by atoms with Crippen LogP contribution in [0.5, 0.6) is 0 Å². The number of nitrogens with zero attached hydrogens (tertiary/aromatic N) is 3. The molecule has 2 aliphatic heterocycles. The first-order valence-electron chi connectivity index (χ1n) is 9.96. The first kappa shape index (κ1) is 18.5. The highest BCUT2D eigenvalue weighted by atomic mass is 32.1. The second kappa shape index (κ2) is 8.44. The number of nitrogens with one attached hydrogen (secondary N) is 1. The Balaban J connectivity index is 1.61. The maximum Gasteiger partial charge on any atom is 0.254 e. The van der Waals surface area contributed by atoms with Crippen molar-refractivity contribution in [2.24, 2.45) is 0 Å². The Kier molecular flexibility index (Phi) is 5.78. The number of aromatic amines is 1. The van der Waals surface area contributed by atoms with E-state index in [0.29, 0.717) is 12.6 Å². The molecule has 1 N–H and O–H groups in total. The Hall–Kier alpha value is -1.86. The molecule has 2 atom stereocenters. The van der Waals surface area contributed by atoms with Gasteiger partial charge in [0.05, 0.1) is 12.7 Å². The highest BCUT2D eigenvalue weighted by Gasteiger charge is 2.25. The van der Waals surface area contributed by atoms with E-state index in [-0.39, 0.29) is 11.7 Å². The van der Waals surface area contributed by atoms with Crippen LogP contribution in [-0.2, 0) is 11.2 Å². The van der Waals surface area contributed by atoms with Gasteiger partial charge >= 0.3 is 0 Å². The van der Waals surface area contributed by atoms with Crippen LogP contribution in [0.4, 0.5) is 11.8 Å². The summed E-state index contributed by atoms with van der Waals surface area (Å²) in [5.74, 6) is 1.49. The molecule has 0 saturated carbocycles. The van der Waals surface area contributed by atoms with Crippen LogP contribution in [0.1, 0.15) is 37.5 Å². The lowest BCUT2D eigenvalue weighted by Crippen LogP contribution is -2.43. The van der Waals surface area contributed by atoms with Gasteiger partial charge in [-0.3, -0.25) is 9.78 Å². The number of rotatable bonds is 4. The maximum absolute atomic E-state index is 12.4. The van der Waals surface area contributed by atoms with E-state index < -0.39 is 0 Å². The van der Waals surface area contributed by atoms with Crippen LogP contribution in [-0.4, -0.2) is 48.4 Å². The predicted octanol–water partition coefficient (Wildman–Crippen LogP) is 3.05. The van der Waals surface area contributed by atoms with E-state index in [0.717, 1.165) is 50.7 Å². The minimum absolute atomic E-state index is 0.0757. The molecule has 2 fully saturated rings. The summed E-state index contributed by atoms with van der Waals surface area (Å²) in [6.07, 6.45) is 5.93. The zero-order valence-corrected chi connectivity index (χ0v) is 16.7. The van der Waals surface area contributed by atoms with Crippen molar-refractivity contribution in [2.75, 3.05) is 36.0 Å². The molecule has 0 aliphatic carbocycles. The lowest BCUT2D eigenvalue weighted by molar-refractivity contribution is 0.0529. The lowest BCUT2D eigenvalue weighted by Gasteiger charge is -2.34. The fourth-order valence-corrected chi connectivity index (χ4v) is 4.86. The van der Waals surface area contributed by atoms with Gasteiger partial charge in [-0.05, 0) is 31.2 Å². The highest BCUT2D eigenvalue weighted by molar-refractivity contribution is 7.09. The van der Waals surface area contributed by atoms with Gasteiger partial charge in [-0.1, -0.05) is 18.9 Å². The minimum atomic E-state index is -0.0757. The molecule has 0 radical (unpaired) electrons. The van der Waals surface area contributed by atoms with Crippen LogP contribution in [0.2, 0.25) is 0 Å². The smallest absolute Gasteiger partial charge is 0.254 e. The van der Waals surface area contributed by atoms with Crippen molar-refractivity contribution in [1.82, 2.24) is 9.97 Å². The van der Waals surface area contributed by atoms with Crippen molar-refractivity contribution in [3.05, 3.63) is 38.8 Å². The summed E-state index contributed by atoms with van der Waals surface area (Å²) in [5.41, 5.74) is -0.0757. The SMILES string of the molecule is C[C@@H]1CN(c2cc(=O)[nH]c(N3CCCCC[C@H]3Cc3cccs3)n2)CCO1. The normalized spacial score (nSPS) is 24.0. The number of morpholine rings is 1. The van der Waals surface area contributed by atoms with Crippen LogP contribution in [0.25, 0.3) is 0 Å². The molecule has 0 aromatic carbocycles. The van der Waals surface area contributed by atoms with Crippen molar-refractivity contribution < 1.29 is 4.74 Å². The topological polar surface area (TPSA) is 61.5 Å². The summed E-state index contributed by atoms with van der Waals surface area (Å²) < 4.78 is 5.63. The van der Waals surface area contributed by atoms with Gasteiger partial charge in [0.25, 0.3) is 5.56 Å². The van der Waals surface area contributed by atoms with E-state index in [1.165, 1.54) is 17.7 Å². The maximum atomic E-state index is 12.4. The summed E-state index contributed by atoms with van der Waals surface area (Å²) in [7, 11) is 0. The lowest BCUT2D eigenvalue weighted by atomic mass is 10.1. The number of H-pyrrole nitrogens is 1. The van der Waals surface area contributed by atoms with Gasteiger partial charge in [0.15, 0.2) is 0 Å². The zero-order chi connectivity index (χ0) is 18.6. The third-order valence-electron chi connectivity index (χ3n) is 5.45. The largest absolute Gasteiger partial charge is 0.375 e. The third-order valence-corrected chi connectivity index (χ3v) is 6.35. The van der Waals surface area contributed by atoms with Crippen molar-refractivity contribution >= 4 is 23.1 Å². The summed E-state index contributed by atoms with van der Waals surface area (Å²) >= 11 is 1.81. The second-order valence-corrected chi connectivity index (χ2v) is 8.57. The molecule has 2 saturated heterocycles. The second-order valence-electron chi connectivity index (χ2n) is 7.53. The van der Waals surface area contributed by atoms with Gasteiger partial charge in [0.1, 0.15) is 5.82 Å². The van der Waals surface area contributed by atoms with Gasteiger partial charge in [-0.15, -0.1) is 11.3 Å². The Morgan fingerprint density at radius 3 is 3.07 bits per heavy atom. The summed E-state index contributed by atoms with van der Waals surface area (Å²) in [6.45, 7) is 5.23. The van der Waals surface area contributed by atoms with Crippen LogP contribution >= 0.6 is 11.3 Å². The molecule has 4 rings (SSSR count). The Morgan fingerprint density at radius 2 is 2.26 bits per heavy atom. The van der Waals surface area contributed by atoms with Crippen LogP contribution < -0.4 is 15.4 Å². The molecule has 2 aromatic rings. The zero-order valence-electron chi connectivity index (χ0n) is 15.9. The van der Waals surface area contributed by atoms with E-state index >= 15 is 0 Å². The molecule has 2 aromatic heterocycles. The first-order valence-corrected chi connectivity index (χ1v) is 10.8. The number of aromatic nitrogens is 2. The number of thiophene rings is 1.